The summed E-state index contributed by atoms with van der Waals surface area (Å²) in [4.78, 5) is 19.5. The molecule has 1 heterocycles. The van der Waals surface area contributed by atoms with E-state index in [9.17, 15) is 4.79 Å². The van der Waals surface area contributed by atoms with Gasteiger partial charge >= 0.3 is 0 Å². The summed E-state index contributed by atoms with van der Waals surface area (Å²) in [7, 11) is 0. The Hall–Kier alpha value is -2.05. The molecule has 1 atom stereocenters. The highest BCUT2D eigenvalue weighted by Crippen LogP contribution is 2.24. The molecule has 0 bridgehead atoms. The molecule has 0 saturated carbocycles. The predicted molar refractivity (Wildman–Crippen MR) is 69.4 cm³/mol. The predicted octanol–water partition coefficient (Wildman–Crippen LogP) is 0.394. The van der Waals surface area contributed by atoms with Crippen molar-refractivity contribution in [3.05, 3.63) is 6.33 Å². The highest BCUT2D eigenvalue weighted by atomic mass is 16.5. The van der Waals surface area contributed by atoms with Gasteiger partial charge in [-0.1, -0.05) is 0 Å². The van der Waals surface area contributed by atoms with Crippen LogP contribution in [0.25, 0.3) is 0 Å². The molecule has 0 aromatic carbocycles. The number of nitrogens with two attached hydrogens (primary N) is 1. The molecule has 100 valence electrons. The second kappa shape index (κ2) is 6.63. The van der Waals surface area contributed by atoms with Gasteiger partial charge < -0.3 is 21.1 Å². The van der Waals surface area contributed by atoms with Crippen molar-refractivity contribution >= 4 is 17.4 Å². The number of aromatic nitrogens is 2. The van der Waals surface area contributed by atoms with Crippen LogP contribution in [0.4, 0.5) is 11.5 Å². The van der Waals surface area contributed by atoms with Crippen LogP contribution in [0.15, 0.2) is 6.33 Å². The topological polar surface area (TPSA) is 102 Å². The average molecular weight is 253 g/mol. The standard InChI is InChI=1S/C11H19N5O2/c1-4-13-10(17)7(3)16-9-8(12)11(18-5-2)15-6-14-9/h6-7H,4-5,12H2,1-3H3,(H,13,17)(H,14,15,16). The largest absolute Gasteiger partial charge is 0.476 e. The van der Waals surface area contributed by atoms with Crippen LogP contribution in [0.1, 0.15) is 20.8 Å². The fraction of sp³-hybridized carbons (Fsp3) is 0.545. The summed E-state index contributed by atoms with van der Waals surface area (Å²) in [6.45, 7) is 6.47. The van der Waals surface area contributed by atoms with E-state index in [0.717, 1.165) is 0 Å². The van der Waals surface area contributed by atoms with Crippen LogP contribution in [0.3, 0.4) is 0 Å². The minimum atomic E-state index is -0.434. The fourth-order valence-corrected chi connectivity index (χ4v) is 1.34. The van der Waals surface area contributed by atoms with Gasteiger partial charge in [-0.2, -0.15) is 4.98 Å². The van der Waals surface area contributed by atoms with Gasteiger partial charge in [-0.25, -0.2) is 4.98 Å². The van der Waals surface area contributed by atoms with Crippen LogP contribution in [-0.2, 0) is 4.79 Å². The lowest BCUT2D eigenvalue weighted by Crippen LogP contribution is -2.37. The maximum atomic E-state index is 11.6. The van der Waals surface area contributed by atoms with Crippen LogP contribution in [0, 0.1) is 0 Å². The lowest BCUT2D eigenvalue weighted by atomic mass is 10.3. The van der Waals surface area contributed by atoms with Crippen molar-refractivity contribution < 1.29 is 9.53 Å². The number of nitrogens with one attached hydrogen (secondary N) is 2. The summed E-state index contributed by atoms with van der Waals surface area (Å²) in [6, 6.07) is -0.434. The van der Waals surface area contributed by atoms with Gasteiger partial charge in [-0.3, -0.25) is 4.79 Å². The molecule has 0 fully saturated rings. The first kappa shape index (κ1) is 14.0. The average Bonchev–Trinajstić information content (AvgIpc) is 2.34. The number of nitrogens with zero attached hydrogens (tertiary/aromatic N) is 2. The Labute approximate surface area is 106 Å². The van der Waals surface area contributed by atoms with E-state index in [-0.39, 0.29) is 5.91 Å². The summed E-state index contributed by atoms with van der Waals surface area (Å²) < 4.78 is 5.25. The normalized spacial score (nSPS) is 11.7. The Balaban J connectivity index is 2.78. The first-order valence-electron chi connectivity index (χ1n) is 5.87. The van der Waals surface area contributed by atoms with E-state index in [1.165, 1.54) is 6.33 Å². The molecule has 1 aromatic rings. The SMILES string of the molecule is CCNC(=O)C(C)Nc1ncnc(OCC)c1N. The van der Waals surface area contributed by atoms with E-state index >= 15 is 0 Å². The number of carbonyl (C=O) groups is 1. The molecule has 1 rings (SSSR count). The second-order valence-corrected chi connectivity index (χ2v) is 3.63. The van der Waals surface area contributed by atoms with Crippen LogP contribution in [0.5, 0.6) is 5.88 Å². The quantitative estimate of drug-likeness (QED) is 0.678. The molecule has 0 aliphatic heterocycles. The first-order chi connectivity index (χ1) is 8.60. The molecule has 0 aliphatic carbocycles. The lowest BCUT2D eigenvalue weighted by molar-refractivity contribution is -0.121. The Morgan fingerprint density at radius 2 is 2.22 bits per heavy atom. The molecule has 4 N–H and O–H groups in total. The van der Waals surface area contributed by atoms with Crippen molar-refractivity contribution in [3.8, 4) is 5.88 Å². The third kappa shape index (κ3) is 3.47. The minimum Gasteiger partial charge on any atom is -0.476 e. The molecular formula is C11H19N5O2. The number of anilines is 2. The van der Waals surface area contributed by atoms with E-state index in [0.29, 0.717) is 30.5 Å². The molecule has 0 spiro atoms. The van der Waals surface area contributed by atoms with Gasteiger partial charge in [0.2, 0.25) is 11.8 Å². The van der Waals surface area contributed by atoms with Gasteiger partial charge in [0, 0.05) is 6.54 Å². The summed E-state index contributed by atoms with van der Waals surface area (Å²) in [6.07, 6.45) is 1.34. The number of hydrogen-bond donors (Lipinski definition) is 3. The Morgan fingerprint density at radius 3 is 2.83 bits per heavy atom. The molecular weight excluding hydrogens is 234 g/mol. The van der Waals surface area contributed by atoms with E-state index in [4.69, 9.17) is 10.5 Å². The molecule has 1 amide bonds. The summed E-state index contributed by atoms with van der Waals surface area (Å²) in [5.41, 5.74) is 6.15. The third-order valence-corrected chi connectivity index (χ3v) is 2.23. The van der Waals surface area contributed by atoms with Gasteiger partial charge in [0.1, 0.15) is 18.1 Å². The highest BCUT2D eigenvalue weighted by molar-refractivity contribution is 5.85. The maximum Gasteiger partial charge on any atom is 0.242 e. The number of amides is 1. The first-order valence-corrected chi connectivity index (χ1v) is 5.87. The molecule has 18 heavy (non-hydrogen) atoms. The molecule has 0 saturated heterocycles. The zero-order valence-electron chi connectivity index (χ0n) is 10.9. The number of rotatable bonds is 6. The molecule has 7 nitrogen and oxygen atoms in total. The lowest BCUT2D eigenvalue weighted by Gasteiger charge is -2.16. The summed E-state index contributed by atoms with van der Waals surface area (Å²) in [5.74, 6) is 0.596. The number of likely N-dealkylation sites (N-methyl/N-ethyl adjacent to an activating group) is 1. The number of ether oxygens (including phenoxy) is 1. The number of hydrogen-bond acceptors (Lipinski definition) is 6. The van der Waals surface area contributed by atoms with E-state index < -0.39 is 6.04 Å². The van der Waals surface area contributed by atoms with Crippen LogP contribution in [0.2, 0.25) is 0 Å². The van der Waals surface area contributed by atoms with Gasteiger partial charge in [-0.15, -0.1) is 0 Å². The molecule has 0 radical (unpaired) electrons. The number of nitrogen functional groups attached to an aromatic ring is 1. The summed E-state index contributed by atoms with van der Waals surface area (Å²) >= 11 is 0. The van der Waals surface area contributed by atoms with Crippen LogP contribution >= 0.6 is 0 Å². The van der Waals surface area contributed by atoms with Crippen molar-refractivity contribution in [2.24, 2.45) is 0 Å². The van der Waals surface area contributed by atoms with Crippen LogP contribution < -0.4 is 21.1 Å². The summed E-state index contributed by atoms with van der Waals surface area (Å²) in [5, 5.41) is 5.63. The van der Waals surface area contributed by atoms with E-state index in [1.807, 2.05) is 13.8 Å². The van der Waals surface area contributed by atoms with Crippen molar-refractivity contribution in [1.29, 1.82) is 0 Å². The maximum absolute atomic E-state index is 11.6. The zero-order valence-corrected chi connectivity index (χ0v) is 10.9. The number of carbonyl (C=O) groups excluding carboxylic acids is 1. The second-order valence-electron chi connectivity index (χ2n) is 3.63. The monoisotopic (exact) mass is 253 g/mol. The molecule has 7 heteroatoms. The minimum absolute atomic E-state index is 0.117. The Morgan fingerprint density at radius 1 is 1.50 bits per heavy atom. The van der Waals surface area contributed by atoms with Gasteiger partial charge in [0.15, 0.2) is 5.82 Å². The van der Waals surface area contributed by atoms with Crippen molar-refractivity contribution in [2.75, 3.05) is 24.2 Å². The van der Waals surface area contributed by atoms with Crippen molar-refractivity contribution in [1.82, 2.24) is 15.3 Å². The molecule has 1 aromatic heterocycles. The molecule has 1 unspecified atom stereocenters. The van der Waals surface area contributed by atoms with Gasteiger partial charge in [-0.05, 0) is 20.8 Å². The van der Waals surface area contributed by atoms with Gasteiger partial charge in [0.05, 0.1) is 6.61 Å². The zero-order chi connectivity index (χ0) is 13.5. The Kier molecular flexibility index (Phi) is 5.16. The van der Waals surface area contributed by atoms with Crippen LogP contribution in [-0.4, -0.2) is 35.1 Å². The van der Waals surface area contributed by atoms with Crippen molar-refractivity contribution in [2.45, 2.75) is 26.8 Å². The highest BCUT2D eigenvalue weighted by Gasteiger charge is 2.15. The van der Waals surface area contributed by atoms with Gasteiger partial charge in [0.25, 0.3) is 0 Å². The molecule has 0 aliphatic rings. The fourth-order valence-electron chi connectivity index (χ4n) is 1.34. The third-order valence-electron chi connectivity index (χ3n) is 2.23. The van der Waals surface area contributed by atoms with E-state index in [2.05, 4.69) is 20.6 Å². The van der Waals surface area contributed by atoms with Crippen molar-refractivity contribution in [3.63, 3.8) is 0 Å². The van der Waals surface area contributed by atoms with E-state index in [1.54, 1.807) is 6.92 Å². The smallest absolute Gasteiger partial charge is 0.242 e. The Bertz CT molecular complexity index is 410.